The first kappa shape index (κ1) is 15.4. The minimum absolute atomic E-state index is 0.0204. The number of fused-ring (bicyclic) bond motifs is 5. The van der Waals surface area contributed by atoms with Gasteiger partial charge in [-0.25, -0.2) is 0 Å². The third kappa shape index (κ3) is 1.95. The molecular formula is C20H28O3. The van der Waals surface area contributed by atoms with Gasteiger partial charge in [0.25, 0.3) is 0 Å². The Bertz CT molecular complexity index is 592. The molecule has 0 aromatic rings. The van der Waals surface area contributed by atoms with Gasteiger partial charge in [-0.2, -0.15) is 0 Å². The van der Waals surface area contributed by atoms with E-state index >= 15 is 0 Å². The van der Waals surface area contributed by atoms with Gasteiger partial charge < -0.3 is 9.84 Å². The topological polar surface area (TPSA) is 46.5 Å². The second-order valence-corrected chi connectivity index (χ2v) is 8.68. The van der Waals surface area contributed by atoms with Crippen molar-refractivity contribution in [1.82, 2.24) is 0 Å². The van der Waals surface area contributed by atoms with Crippen molar-refractivity contribution in [3.05, 3.63) is 24.0 Å². The van der Waals surface area contributed by atoms with Gasteiger partial charge in [-0.1, -0.05) is 19.9 Å². The SMILES string of the molecule is CO[C@@H]1C(=O)C[C@H]2[C@@H]3CC[C@@H]4C=C(O)C=C[C@]4(C)[C@H]3CC[C@]12C. The van der Waals surface area contributed by atoms with E-state index in [2.05, 4.69) is 26.0 Å². The second-order valence-electron chi connectivity index (χ2n) is 8.68. The molecular weight excluding hydrogens is 288 g/mol. The second kappa shape index (κ2) is 4.95. The molecule has 0 bridgehead atoms. The van der Waals surface area contributed by atoms with Gasteiger partial charge in [0.15, 0.2) is 5.78 Å². The van der Waals surface area contributed by atoms with Crippen molar-refractivity contribution < 1.29 is 14.6 Å². The number of hydrogen-bond donors (Lipinski definition) is 1. The standard InChI is InChI=1S/C20H28O3/c1-19-8-6-13(21)10-12(19)4-5-14-15(19)7-9-20(2)16(14)11-17(22)18(20)23-3/h6,8,10,12,14-16,18,21H,4-5,7,9,11H2,1-3H3/t12-,14-,15+,16+,18-,19+,20+/m1/s1. The van der Waals surface area contributed by atoms with E-state index in [1.54, 1.807) is 7.11 Å². The number of hydrogen-bond acceptors (Lipinski definition) is 3. The Morgan fingerprint density at radius 2 is 2.00 bits per heavy atom. The van der Waals surface area contributed by atoms with Crippen LogP contribution in [0.1, 0.15) is 46.0 Å². The van der Waals surface area contributed by atoms with Crippen molar-refractivity contribution in [2.24, 2.45) is 34.5 Å². The van der Waals surface area contributed by atoms with Crippen LogP contribution in [0.4, 0.5) is 0 Å². The summed E-state index contributed by atoms with van der Waals surface area (Å²) in [5, 5.41) is 9.86. The highest BCUT2D eigenvalue weighted by Gasteiger charge is 2.61. The summed E-state index contributed by atoms with van der Waals surface area (Å²) in [4.78, 5) is 12.5. The van der Waals surface area contributed by atoms with E-state index in [1.807, 2.05) is 6.08 Å². The Kier molecular flexibility index (Phi) is 3.32. The molecule has 3 fully saturated rings. The van der Waals surface area contributed by atoms with Gasteiger partial charge >= 0.3 is 0 Å². The summed E-state index contributed by atoms with van der Waals surface area (Å²) >= 11 is 0. The molecule has 4 rings (SSSR count). The lowest BCUT2D eigenvalue weighted by molar-refractivity contribution is -0.132. The van der Waals surface area contributed by atoms with E-state index in [0.717, 1.165) is 19.3 Å². The highest BCUT2D eigenvalue weighted by molar-refractivity contribution is 5.87. The van der Waals surface area contributed by atoms with Gasteiger partial charge in [-0.3, -0.25) is 4.79 Å². The molecule has 0 unspecified atom stereocenters. The number of rotatable bonds is 1. The Hall–Kier alpha value is -1.09. The largest absolute Gasteiger partial charge is 0.508 e. The zero-order chi connectivity index (χ0) is 16.4. The predicted octanol–water partition coefficient (Wildman–Crippen LogP) is 4.05. The lowest BCUT2D eigenvalue weighted by Gasteiger charge is -2.57. The average Bonchev–Trinajstić information content (AvgIpc) is 2.77. The first-order valence-corrected chi connectivity index (χ1v) is 9.05. The van der Waals surface area contributed by atoms with Crippen LogP contribution < -0.4 is 0 Å². The molecule has 4 aliphatic carbocycles. The van der Waals surface area contributed by atoms with E-state index in [-0.39, 0.29) is 16.9 Å². The molecule has 0 radical (unpaired) electrons. The number of methoxy groups -OCH3 is 1. The fourth-order valence-corrected chi connectivity index (χ4v) is 6.61. The monoisotopic (exact) mass is 316 g/mol. The quantitative estimate of drug-likeness (QED) is 0.794. The zero-order valence-electron chi connectivity index (χ0n) is 14.4. The molecule has 3 saturated carbocycles. The molecule has 0 aliphatic heterocycles. The van der Waals surface area contributed by atoms with Crippen molar-refractivity contribution in [1.29, 1.82) is 0 Å². The zero-order valence-corrected chi connectivity index (χ0v) is 14.4. The van der Waals surface area contributed by atoms with Gasteiger partial charge in [0, 0.05) is 18.9 Å². The first-order valence-electron chi connectivity index (χ1n) is 9.05. The molecule has 0 amide bonds. The normalized spacial score (nSPS) is 51.7. The lowest BCUT2D eigenvalue weighted by Crippen LogP contribution is -2.52. The summed E-state index contributed by atoms with van der Waals surface area (Å²) in [5.41, 5.74) is 0.150. The number of Topliss-reactive ketones (excluding diaryl/α,β-unsaturated/α-hetero) is 1. The van der Waals surface area contributed by atoms with Crippen molar-refractivity contribution >= 4 is 5.78 Å². The summed E-state index contributed by atoms with van der Waals surface area (Å²) in [6.45, 7) is 4.64. The number of ketones is 1. The summed E-state index contributed by atoms with van der Waals surface area (Å²) < 4.78 is 5.62. The molecule has 1 N–H and O–H groups in total. The van der Waals surface area contributed by atoms with E-state index < -0.39 is 0 Å². The van der Waals surface area contributed by atoms with Crippen LogP contribution in [0.25, 0.3) is 0 Å². The minimum Gasteiger partial charge on any atom is -0.508 e. The minimum atomic E-state index is -0.204. The van der Waals surface area contributed by atoms with Gasteiger partial charge in [0.2, 0.25) is 0 Å². The van der Waals surface area contributed by atoms with Crippen LogP contribution in [-0.2, 0) is 9.53 Å². The maximum absolute atomic E-state index is 12.5. The van der Waals surface area contributed by atoms with Crippen LogP contribution in [0.5, 0.6) is 0 Å². The van der Waals surface area contributed by atoms with Crippen LogP contribution in [0.15, 0.2) is 24.0 Å². The number of carbonyl (C=O) groups excluding carboxylic acids is 1. The predicted molar refractivity (Wildman–Crippen MR) is 88.9 cm³/mol. The van der Waals surface area contributed by atoms with E-state index in [1.165, 1.54) is 6.42 Å². The molecule has 3 nitrogen and oxygen atoms in total. The number of ether oxygens (including phenoxy) is 1. The van der Waals surface area contributed by atoms with Gasteiger partial charge in [0.05, 0.1) is 0 Å². The third-order valence-corrected chi connectivity index (χ3v) is 7.82. The van der Waals surface area contributed by atoms with E-state index in [4.69, 9.17) is 4.74 Å². The van der Waals surface area contributed by atoms with Crippen LogP contribution >= 0.6 is 0 Å². The van der Waals surface area contributed by atoms with Crippen molar-refractivity contribution in [2.45, 2.75) is 52.1 Å². The van der Waals surface area contributed by atoms with Crippen molar-refractivity contribution in [2.75, 3.05) is 7.11 Å². The summed E-state index contributed by atoms with van der Waals surface area (Å²) in [6, 6.07) is 0. The Labute approximate surface area is 138 Å². The van der Waals surface area contributed by atoms with E-state index in [0.29, 0.717) is 41.6 Å². The Balaban J connectivity index is 1.68. The number of aliphatic hydroxyl groups excluding tert-OH is 1. The maximum atomic E-state index is 12.5. The van der Waals surface area contributed by atoms with Gasteiger partial charge in [0.1, 0.15) is 11.9 Å². The van der Waals surface area contributed by atoms with Crippen molar-refractivity contribution in [3.8, 4) is 0 Å². The maximum Gasteiger partial charge on any atom is 0.162 e. The Morgan fingerprint density at radius 3 is 2.74 bits per heavy atom. The average molecular weight is 316 g/mol. The summed E-state index contributed by atoms with van der Waals surface area (Å²) in [6.07, 6.45) is 11.2. The fraction of sp³-hybridized carbons (Fsp3) is 0.750. The van der Waals surface area contributed by atoms with Crippen LogP contribution in [-0.4, -0.2) is 24.1 Å². The molecule has 0 heterocycles. The molecule has 0 saturated heterocycles. The third-order valence-electron chi connectivity index (χ3n) is 7.82. The highest BCUT2D eigenvalue weighted by Crippen LogP contribution is 2.64. The summed E-state index contributed by atoms with van der Waals surface area (Å²) in [5.74, 6) is 2.85. The van der Waals surface area contributed by atoms with Crippen LogP contribution in [0.2, 0.25) is 0 Å². The lowest BCUT2D eigenvalue weighted by atomic mass is 9.47. The highest BCUT2D eigenvalue weighted by atomic mass is 16.5. The van der Waals surface area contributed by atoms with E-state index in [9.17, 15) is 9.90 Å². The van der Waals surface area contributed by atoms with Gasteiger partial charge in [-0.15, -0.1) is 0 Å². The molecule has 126 valence electrons. The molecule has 0 aromatic carbocycles. The molecule has 0 aromatic heterocycles. The molecule has 3 heteroatoms. The molecule has 4 aliphatic rings. The molecule has 7 atom stereocenters. The molecule has 0 spiro atoms. The Morgan fingerprint density at radius 1 is 1.22 bits per heavy atom. The number of carbonyl (C=O) groups is 1. The summed E-state index contributed by atoms with van der Waals surface area (Å²) in [7, 11) is 1.69. The number of aliphatic hydroxyl groups is 1. The van der Waals surface area contributed by atoms with Crippen LogP contribution in [0.3, 0.4) is 0 Å². The smallest absolute Gasteiger partial charge is 0.162 e. The van der Waals surface area contributed by atoms with Crippen molar-refractivity contribution in [3.63, 3.8) is 0 Å². The van der Waals surface area contributed by atoms with Gasteiger partial charge in [-0.05, 0) is 66.9 Å². The van der Waals surface area contributed by atoms with Crippen LogP contribution in [0, 0.1) is 34.5 Å². The molecule has 23 heavy (non-hydrogen) atoms. The number of allylic oxidation sites excluding steroid dienone is 3. The first-order chi connectivity index (χ1) is 10.9. The fourth-order valence-electron chi connectivity index (χ4n) is 6.61.